The Bertz CT molecular complexity index is 901. The lowest BCUT2D eigenvalue weighted by atomic mass is 10.1. The van der Waals surface area contributed by atoms with E-state index >= 15 is 0 Å². The van der Waals surface area contributed by atoms with Gasteiger partial charge in [-0.25, -0.2) is 0 Å². The highest BCUT2D eigenvalue weighted by Gasteiger charge is 2.38. The van der Waals surface area contributed by atoms with Crippen molar-refractivity contribution in [3.05, 3.63) is 23.8 Å². The molecule has 1 N–H and O–H groups in total. The van der Waals surface area contributed by atoms with Gasteiger partial charge in [0.2, 0.25) is 0 Å². The molecule has 15 heteroatoms. The highest BCUT2D eigenvalue weighted by molar-refractivity contribution is 7.90. The number of benzene rings is 1. The molecule has 182 valence electrons. The number of amides is 1. The second kappa shape index (κ2) is 11.4. The number of sulfonamides is 1. The Balaban J connectivity index is 2.97. The number of ether oxygens (including phenoxy) is 2. The summed E-state index contributed by atoms with van der Waals surface area (Å²) in [4.78, 5) is 11.7. The molecule has 0 bridgehead atoms. The van der Waals surface area contributed by atoms with E-state index in [0.717, 1.165) is 12.4 Å². The van der Waals surface area contributed by atoms with E-state index in [1.807, 2.05) is 0 Å². The maximum Gasteiger partial charge on any atom is 0.471 e. The minimum Gasteiger partial charge on any atom is -0.490 e. The second-order valence-corrected chi connectivity index (χ2v) is 8.06. The third-order valence-corrected chi connectivity index (χ3v) is 4.66. The molecule has 0 heterocycles. The summed E-state index contributed by atoms with van der Waals surface area (Å²) in [5, 5.41) is 1.66. The first kappa shape index (κ1) is 27.5. The predicted octanol–water partition coefficient (Wildman–Crippen LogP) is 2.14. The van der Waals surface area contributed by atoms with Crippen LogP contribution in [0, 0.1) is 0 Å². The van der Waals surface area contributed by atoms with E-state index in [9.17, 15) is 39.6 Å². The SMILES string of the molecule is CN(C)C=NS(=O)(=O)c1cc(CCNC(=O)C(F)(F)F)ccc1OCCOCC(F)(F)F. The maximum atomic E-state index is 12.5. The van der Waals surface area contributed by atoms with Gasteiger partial charge in [-0.3, -0.25) is 4.79 Å². The molecule has 0 radical (unpaired) electrons. The van der Waals surface area contributed by atoms with Gasteiger partial charge in [-0.05, 0) is 24.1 Å². The number of hydrogen-bond donors (Lipinski definition) is 1. The zero-order valence-electron chi connectivity index (χ0n) is 17.0. The minimum atomic E-state index is -5.05. The summed E-state index contributed by atoms with van der Waals surface area (Å²) >= 11 is 0. The molecular formula is C17H21F6N3O5S. The molecule has 32 heavy (non-hydrogen) atoms. The zero-order valence-corrected chi connectivity index (χ0v) is 17.8. The van der Waals surface area contributed by atoms with E-state index in [1.165, 1.54) is 31.1 Å². The first-order valence-electron chi connectivity index (χ1n) is 8.84. The van der Waals surface area contributed by atoms with Gasteiger partial charge in [-0.1, -0.05) is 6.07 Å². The van der Waals surface area contributed by atoms with Crippen LogP contribution in [0.4, 0.5) is 26.3 Å². The monoisotopic (exact) mass is 493 g/mol. The Morgan fingerprint density at radius 3 is 2.38 bits per heavy atom. The Hall–Kier alpha value is -2.55. The van der Waals surface area contributed by atoms with Gasteiger partial charge in [0.25, 0.3) is 10.0 Å². The van der Waals surface area contributed by atoms with Gasteiger partial charge in [-0.15, -0.1) is 4.40 Å². The molecule has 0 unspecified atom stereocenters. The fourth-order valence-electron chi connectivity index (χ4n) is 2.06. The van der Waals surface area contributed by atoms with Crippen molar-refractivity contribution >= 4 is 22.3 Å². The minimum absolute atomic E-state index is 0.142. The predicted molar refractivity (Wildman–Crippen MR) is 101 cm³/mol. The van der Waals surface area contributed by atoms with Crippen LogP contribution >= 0.6 is 0 Å². The highest BCUT2D eigenvalue weighted by Crippen LogP contribution is 2.27. The lowest BCUT2D eigenvalue weighted by Crippen LogP contribution is -2.37. The summed E-state index contributed by atoms with van der Waals surface area (Å²) in [5.41, 5.74) is 0.242. The molecule has 0 saturated carbocycles. The van der Waals surface area contributed by atoms with Crippen molar-refractivity contribution in [2.75, 3.05) is 40.5 Å². The number of hydrogen-bond acceptors (Lipinski definition) is 5. The summed E-state index contributed by atoms with van der Waals surface area (Å²) in [6.45, 7) is -2.82. The highest BCUT2D eigenvalue weighted by atomic mass is 32.2. The van der Waals surface area contributed by atoms with E-state index in [2.05, 4.69) is 9.13 Å². The zero-order chi connectivity index (χ0) is 24.6. The lowest BCUT2D eigenvalue weighted by molar-refractivity contribution is -0.175. The fourth-order valence-corrected chi connectivity index (χ4v) is 3.17. The number of nitrogens with zero attached hydrogens (tertiary/aromatic N) is 2. The number of rotatable bonds is 11. The summed E-state index contributed by atoms with van der Waals surface area (Å²) in [7, 11) is -1.31. The van der Waals surface area contributed by atoms with Crippen LogP contribution in [-0.2, 0) is 26.0 Å². The van der Waals surface area contributed by atoms with Gasteiger partial charge in [0.1, 0.15) is 30.2 Å². The number of carbonyl (C=O) groups excluding carboxylic acids is 1. The Morgan fingerprint density at radius 2 is 1.81 bits per heavy atom. The molecule has 1 rings (SSSR count). The van der Waals surface area contributed by atoms with E-state index in [0.29, 0.717) is 0 Å². The van der Waals surface area contributed by atoms with Crippen LogP contribution in [0.2, 0.25) is 0 Å². The van der Waals surface area contributed by atoms with Crippen LogP contribution in [0.1, 0.15) is 5.56 Å². The van der Waals surface area contributed by atoms with Gasteiger partial charge in [-0.2, -0.15) is 34.8 Å². The molecule has 0 spiro atoms. The molecule has 1 amide bonds. The summed E-state index contributed by atoms with van der Waals surface area (Å²) in [6.07, 6.45) is -8.74. The third-order valence-electron chi connectivity index (χ3n) is 3.41. The largest absolute Gasteiger partial charge is 0.490 e. The molecule has 1 aromatic rings. The first-order valence-corrected chi connectivity index (χ1v) is 10.3. The van der Waals surface area contributed by atoms with Crippen molar-refractivity contribution in [3.63, 3.8) is 0 Å². The molecule has 0 saturated heterocycles. The number of alkyl halides is 6. The van der Waals surface area contributed by atoms with Crippen LogP contribution in [-0.4, -0.2) is 78.4 Å². The average Bonchev–Trinajstić information content (AvgIpc) is 2.65. The summed E-state index contributed by atoms with van der Waals surface area (Å²) in [6, 6.07) is 3.61. The number of nitrogens with one attached hydrogen (secondary N) is 1. The molecule has 0 aliphatic heterocycles. The van der Waals surface area contributed by atoms with E-state index in [4.69, 9.17) is 4.74 Å². The van der Waals surface area contributed by atoms with Crippen molar-refractivity contribution in [2.24, 2.45) is 4.40 Å². The average molecular weight is 493 g/mol. The van der Waals surface area contributed by atoms with Gasteiger partial charge in [0.15, 0.2) is 0 Å². The Morgan fingerprint density at radius 1 is 1.16 bits per heavy atom. The summed E-state index contributed by atoms with van der Waals surface area (Å²) in [5.74, 6) is -2.38. The Labute approximate surface area is 180 Å². The number of carbonyl (C=O) groups is 1. The van der Waals surface area contributed by atoms with Crippen LogP contribution in [0.5, 0.6) is 5.75 Å². The van der Waals surface area contributed by atoms with Gasteiger partial charge in [0, 0.05) is 20.6 Å². The van der Waals surface area contributed by atoms with Gasteiger partial charge >= 0.3 is 18.3 Å². The van der Waals surface area contributed by atoms with Gasteiger partial charge in [0.05, 0.1) is 6.61 Å². The molecule has 0 aromatic heterocycles. The van der Waals surface area contributed by atoms with Crippen LogP contribution in [0.15, 0.2) is 27.5 Å². The molecular weight excluding hydrogens is 472 g/mol. The fraction of sp³-hybridized carbons (Fsp3) is 0.529. The smallest absolute Gasteiger partial charge is 0.471 e. The van der Waals surface area contributed by atoms with E-state index in [-0.39, 0.29) is 17.7 Å². The first-order chi connectivity index (χ1) is 14.6. The maximum absolute atomic E-state index is 12.5. The second-order valence-electron chi connectivity index (χ2n) is 6.46. The molecule has 0 atom stereocenters. The van der Waals surface area contributed by atoms with Crippen molar-refractivity contribution in [1.29, 1.82) is 0 Å². The van der Waals surface area contributed by atoms with Crippen molar-refractivity contribution in [3.8, 4) is 5.75 Å². The molecule has 1 aromatic carbocycles. The van der Waals surface area contributed by atoms with Crippen molar-refractivity contribution in [2.45, 2.75) is 23.7 Å². The summed E-state index contributed by atoms with van der Waals surface area (Å²) < 4.78 is 111. The third kappa shape index (κ3) is 10.2. The van der Waals surface area contributed by atoms with E-state index < -0.39 is 59.5 Å². The molecule has 0 aliphatic rings. The van der Waals surface area contributed by atoms with Crippen LogP contribution in [0.3, 0.4) is 0 Å². The van der Waals surface area contributed by atoms with Crippen LogP contribution in [0.25, 0.3) is 0 Å². The lowest BCUT2D eigenvalue weighted by Gasteiger charge is -2.13. The van der Waals surface area contributed by atoms with E-state index in [1.54, 1.807) is 5.32 Å². The van der Waals surface area contributed by atoms with Crippen molar-refractivity contribution in [1.82, 2.24) is 10.2 Å². The van der Waals surface area contributed by atoms with Crippen molar-refractivity contribution < 1.29 is 49.0 Å². The standard InChI is InChI=1S/C17H21F6N3O5S/c1-26(2)11-25-32(28,29)14-9-12(5-6-24-15(27)17(21,22)23)3-4-13(14)31-8-7-30-10-16(18,19)20/h3-4,9,11H,5-8,10H2,1-2H3,(H,24,27). The molecule has 8 nitrogen and oxygen atoms in total. The normalized spacial score (nSPS) is 12.8. The topological polar surface area (TPSA) is 97.3 Å². The quantitative estimate of drug-likeness (QED) is 0.220. The number of halogens is 6. The molecule has 0 fully saturated rings. The van der Waals surface area contributed by atoms with Gasteiger partial charge < -0.3 is 19.7 Å². The van der Waals surface area contributed by atoms with Crippen LogP contribution < -0.4 is 10.1 Å². The molecule has 0 aliphatic carbocycles. The Kier molecular flexibility index (Phi) is 9.75.